The van der Waals surface area contributed by atoms with Crippen molar-refractivity contribution in [1.82, 2.24) is 9.80 Å². The Morgan fingerprint density at radius 2 is 1.76 bits per heavy atom. The Balaban J connectivity index is 1.62. The lowest BCUT2D eigenvalue weighted by molar-refractivity contribution is -0.200. The molecule has 0 spiro atoms. The zero-order chi connectivity index (χ0) is 24.3. The van der Waals surface area contributed by atoms with E-state index in [-0.39, 0.29) is 18.1 Å². The number of hydrogen-bond donors (Lipinski definition) is 1. The number of aliphatic carboxylic acids is 1. The van der Waals surface area contributed by atoms with Crippen molar-refractivity contribution in [2.75, 3.05) is 44.2 Å². The third kappa shape index (κ3) is 6.41. The minimum absolute atomic E-state index is 0.0274. The Hall–Kier alpha value is -2.27. The zero-order valence-electron chi connectivity index (χ0n) is 18.1. The molecule has 3 rings (SSSR count). The van der Waals surface area contributed by atoms with Crippen molar-refractivity contribution in [3.63, 3.8) is 0 Å². The highest BCUT2D eigenvalue weighted by molar-refractivity contribution is 6.31. The molecule has 184 valence electrons. The summed E-state index contributed by atoms with van der Waals surface area (Å²) >= 11 is 6.01. The molecule has 0 bridgehead atoms. The van der Waals surface area contributed by atoms with E-state index in [0.717, 1.165) is 12.6 Å². The van der Waals surface area contributed by atoms with Crippen molar-refractivity contribution in [2.24, 2.45) is 5.92 Å². The highest BCUT2D eigenvalue weighted by Gasteiger charge is 2.40. The van der Waals surface area contributed by atoms with E-state index in [1.165, 1.54) is 11.0 Å². The van der Waals surface area contributed by atoms with E-state index < -0.39 is 36.1 Å². The molecule has 1 N–H and O–H groups in total. The van der Waals surface area contributed by atoms with Gasteiger partial charge in [-0.3, -0.25) is 9.69 Å². The first-order valence-electron chi connectivity index (χ1n) is 10.7. The summed E-state index contributed by atoms with van der Waals surface area (Å²) in [5, 5.41) is 9.18. The molecule has 2 saturated heterocycles. The topological polar surface area (TPSA) is 73.3 Å². The summed E-state index contributed by atoms with van der Waals surface area (Å²) in [5.41, 5.74) is 1.40. The molecule has 0 saturated carbocycles. The van der Waals surface area contributed by atoms with E-state index in [1.807, 2.05) is 9.80 Å². The first-order chi connectivity index (χ1) is 15.5. The second-order valence-electron chi connectivity index (χ2n) is 8.33. The number of benzene rings is 1. The normalized spacial score (nSPS) is 19.5. The van der Waals surface area contributed by atoms with Crippen LogP contribution in [-0.4, -0.2) is 78.5 Å². The highest BCUT2D eigenvalue weighted by atomic mass is 35.5. The number of piperazine rings is 1. The second-order valence-corrected chi connectivity index (χ2v) is 8.73. The minimum Gasteiger partial charge on any atom is -0.481 e. The molecule has 33 heavy (non-hydrogen) atoms. The number of amides is 1. The molecular weight excluding hydrogens is 470 g/mol. The van der Waals surface area contributed by atoms with E-state index in [1.54, 1.807) is 6.07 Å². The molecule has 1 unspecified atom stereocenters. The van der Waals surface area contributed by atoms with Gasteiger partial charge >= 0.3 is 18.2 Å². The molecule has 12 heteroatoms. The van der Waals surface area contributed by atoms with Crippen molar-refractivity contribution >= 4 is 29.4 Å². The molecule has 2 aliphatic rings. The van der Waals surface area contributed by atoms with Gasteiger partial charge in [-0.05, 0) is 37.5 Å². The molecule has 1 aromatic carbocycles. The lowest BCUT2D eigenvalue weighted by atomic mass is 9.96. The van der Waals surface area contributed by atoms with Gasteiger partial charge in [0.25, 0.3) is 0 Å². The lowest BCUT2D eigenvalue weighted by Gasteiger charge is -2.37. The van der Waals surface area contributed by atoms with Crippen LogP contribution in [0.2, 0.25) is 5.02 Å². The maximum absolute atomic E-state index is 14.2. The van der Waals surface area contributed by atoms with Gasteiger partial charge in [0.2, 0.25) is 0 Å². The van der Waals surface area contributed by atoms with Gasteiger partial charge in [-0.1, -0.05) is 11.6 Å². The van der Waals surface area contributed by atoms with E-state index in [9.17, 15) is 32.3 Å². The Labute approximate surface area is 193 Å². The predicted octanol–water partition coefficient (Wildman–Crippen LogP) is 3.99. The van der Waals surface area contributed by atoms with Crippen molar-refractivity contribution in [3.05, 3.63) is 28.5 Å². The minimum atomic E-state index is -4.62. The number of carbonyl (C=O) groups excluding carboxylic acids is 1. The van der Waals surface area contributed by atoms with Crippen molar-refractivity contribution in [1.29, 1.82) is 0 Å². The number of halogens is 5. The molecule has 7 nitrogen and oxygen atoms in total. The van der Waals surface area contributed by atoms with Crippen molar-refractivity contribution in [2.45, 2.75) is 38.6 Å². The van der Waals surface area contributed by atoms with Gasteiger partial charge in [0.1, 0.15) is 5.82 Å². The summed E-state index contributed by atoms with van der Waals surface area (Å²) in [6.45, 7) is 3.25. The zero-order valence-corrected chi connectivity index (χ0v) is 18.8. The van der Waals surface area contributed by atoms with Crippen LogP contribution >= 0.6 is 11.6 Å². The van der Waals surface area contributed by atoms with Gasteiger partial charge in [0, 0.05) is 51.5 Å². The highest BCUT2D eigenvalue weighted by Crippen LogP contribution is 2.32. The molecule has 1 amide bonds. The smallest absolute Gasteiger partial charge is 0.425 e. The SMILES string of the molecule is CC(OC(=O)N1CCN(Cc2cc(F)c(Cl)cc2N2CCC(C(=O)O)CC2)CC1)C(F)(F)F. The quantitative estimate of drug-likeness (QED) is 0.623. The maximum Gasteiger partial charge on any atom is 0.425 e. The Morgan fingerprint density at radius 1 is 1.15 bits per heavy atom. The first-order valence-corrected chi connectivity index (χ1v) is 11.0. The largest absolute Gasteiger partial charge is 0.481 e. The van der Waals surface area contributed by atoms with E-state index in [4.69, 9.17) is 11.6 Å². The average Bonchev–Trinajstić information content (AvgIpc) is 2.76. The Kier molecular flexibility index (Phi) is 7.94. The van der Waals surface area contributed by atoms with Crippen LogP contribution in [0.25, 0.3) is 0 Å². The molecule has 0 radical (unpaired) electrons. The van der Waals surface area contributed by atoms with Crippen molar-refractivity contribution < 1.29 is 37.0 Å². The summed E-state index contributed by atoms with van der Waals surface area (Å²) in [6.07, 6.45) is -6.88. The second kappa shape index (κ2) is 10.3. The number of carboxylic acids is 1. The Morgan fingerprint density at radius 3 is 2.30 bits per heavy atom. The molecule has 2 aliphatic heterocycles. The van der Waals surface area contributed by atoms with E-state index in [0.29, 0.717) is 51.1 Å². The number of ether oxygens (including phenoxy) is 1. The number of alkyl halides is 3. The molecule has 1 aromatic rings. The fourth-order valence-corrected chi connectivity index (χ4v) is 4.15. The molecule has 2 fully saturated rings. The van der Waals surface area contributed by atoms with Crippen molar-refractivity contribution in [3.8, 4) is 0 Å². The third-order valence-corrected chi connectivity index (χ3v) is 6.36. The van der Waals surface area contributed by atoms with Crippen LogP contribution in [0.1, 0.15) is 25.3 Å². The van der Waals surface area contributed by atoms with Gasteiger partial charge in [0.15, 0.2) is 6.10 Å². The number of carbonyl (C=O) groups is 2. The number of hydrogen-bond acceptors (Lipinski definition) is 5. The average molecular weight is 496 g/mol. The fourth-order valence-electron chi connectivity index (χ4n) is 3.99. The summed E-state index contributed by atoms with van der Waals surface area (Å²) in [6, 6.07) is 2.89. The van der Waals surface area contributed by atoms with E-state index >= 15 is 0 Å². The van der Waals surface area contributed by atoms with Gasteiger partial charge in [-0.15, -0.1) is 0 Å². The summed E-state index contributed by atoms with van der Waals surface area (Å²) in [5.74, 6) is -1.80. The number of rotatable bonds is 5. The monoisotopic (exact) mass is 495 g/mol. The van der Waals surface area contributed by atoms with Crippen LogP contribution in [0, 0.1) is 11.7 Å². The lowest BCUT2D eigenvalue weighted by Crippen LogP contribution is -2.49. The number of anilines is 1. The van der Waals surface area contributed by atoms with Crippen LogP contribution in [0.15, 0.2) is 12.1 Å². The molecule has 0 aromatic heterocycles. The summed E-state index contributed by atoms with van der Waals surface area (Å²) in [4.78, 5) is 28.4. The van der Waals surface area contributed by atoms with Crippen LogP contribution in [0.5, 0.6) is 0 Å². The van der Waals surface area contributed by atoms with Gasteiger partial charge in [0.05, 0.1) is 10.9 Å². The molecule has 1 atom stereocenters. The van der Waals surface area contributed by atoms with Crippen LogP contribution in [0.4, 0.5) is 28.0 Å². The van der Waals surface area contributed by atoms with Crippen LogP contribution < -0.4 is 4.90 Å². The van der Waals surface area contributed by atoms with Gasteiger partial charge in [-0.25, -0.2) is 9.18 Å². The maximum atomic E-state index is 14.2. The van der Waals surface area contributed by atoms with Gasteiger partial charge < -0.3 is 19.6 Å². The number of piperidine rings is 1. The molecule has 2 heterocycles. The molecule has 0 aliphatic carbocycles. The molecular formula is C21H26ClF4N3O4. The van der Waals surface area contributed by atoms with Gasteiger partial charge in [-0.2, -0.15) is 13.2 Å². The third-order valence-electron chi connectivity index (χ3n) is 6.07. The van der Waals surface area contributed by atoms with Crippen LogP contribution in [0.3, 0.4) is 0 Å². The summed E-state index contributed by atoms with van der Waals surface area (Å²) < 4.78 is 56.6. The fraction of sp³-hybridized carbons (Fsp3) is 0.619. The van der Waals surface area contributed by atoms with E-state index in [2.05, 4.69) is 4.74 Å². The Bertz CT molecular complexity index is 870. The standard InChI is InChI=1S/C21H26ClF4N3O4/c1-13(21(24,25)26)33-20(32)29-8-6-27(7-9-29)12-15-10-17(23)16(22)11-18(15)28-4-2-14(3-5-28)19(30)31/h10-11,13-14H,2-9,12H2,1H3,(H,30,31). The number of nitrogens with zero attached hydrogens (tertiary/aromatic N) is 3. The first kappa shape index (κ1) is 25.4. The van der Waals surface area contributed by atoms with Crippen LogP contribution in [-0.2, 0) is 16.1 Å². The number of carboxylic acid groups (broad SMARTS) is 1. The summed E-state index contributed by atoms with van der Waals surface area (Å²) in [7, 11) is 0. The predicted molar refractivity (Wildman–Crippen MR) is 113 cm³/mol.